The first-order chi connectivity index (χ1) is 18.5. The SMILES string of the molecule is Cc1cn(COC(=O)C23CC(COCCCO[N+](=O)[O-])(C2)C3)c(=O)c2cccc(S(=O)(=O)N3CC[C@H](N)C3)c12. The molecule has 0 amide bonds. The van der Waals surface area contributed by atoms with Gasteiger partial charge in [-0.05, 0) is 62.1 Å². The summed E-state index contributed by atoms with van der Waals surface area (Å²) in [5.74, 6) is -0.366. The van der Waals surface area contributed by atoms with Gasteiger partial charge in [0.05, 0.1) is 23.5 Å². The number of hydrogen-bond donors (Lipinski definition) is 1. The second-order valence-electron chi connectivity index (χ2n) is 11.0. The van der Waals surface area contributed by atoms with E-state index in [1.54, 1.807) is 19.1 Å². The number of carbonyl (C=O) groups is 1. The Morgan fingerprint density at radius 1 is 1.26 bits per heavy atom. The number of nitrogens with zero attached hydrogens (tertiary/aromatic N) is 3. The molecule has 2 heterocycles. The Morgan fingerprint density at radius 2 is 2.00 bits per heavy atom. The van der Waals surface area contributed by atoms with Crippen LogP contribution in [-0.4, -0.2) is 67.3 Å². The number of hydrogen-bond acceptors (Lipinski definition) is 10. The van der Waals surface area contributed by atoms with E-state index in [9.17, 15) is 28.1 Å². The van der Waals surface area contributed by atoms with E-state index >= 15 is 0 Å². The molecule has 0 spiro atoms. The molecule has 2 aromatic rings. The van der Waals surface area contributed by atoms with Crippen molar-refractivity contribution in [3.8, 4) is 0 Å². The third-order valence-corrected chi connectivity index (χ3v) is 9.92. The first-order valence-electron chi connectivity index (χ1n) is 12.9. The highest BCUT2D eigenvalue weighted by Crippen LogP contribution is 2.73. The van der Waals surface area contributed by atoms with Crippen LogP contribution < -0.4 is 11.3 Å². The predicted molar refractivity (Wildman–Crippen MR) is 137 cm³/mol. The number of aromatic nitrogens is 1. The number of carbonyl (C=O) groups excluding carboxylic acids is 1. The van der Waals surface area contributed by atoms with Crippen molar-refractivity contribution in [1.29, 1.82) is 0 Å². The van der Waals surface area contributed by atoms with E-state index in [2.05, 4.69) is 4.84 Å². The lowest BCUT2D eigenvalue weighted by molar-refractivity contribution is -0.757. The van der Waals surface area contributed by atoms with Crippen LogP contribution in [0.2, 0.25) is 0 Å². The Morgan fingerprint density at radius 3 is 2.67 bits per heavy atom. The van der Waals surface area contributed by atoms with Gasteiger partial charge in [-0.25, -0.2) is 8.42 Å². The highest BCUT2D eigenvalue weighted by Gasteiger charge is 2.72. The first-order valence-corrected chi connectivity index (χ1v) is 14.3. The smallest absolute Gasteiger partial charge is 0.313 e. The Kier molecular flexibility index (Phi) is 7.16. The highest BCUT2D eigenvalue weighted by molar-refractivity contribution is 7.89. The van der Waals surface area contributed by atoms with Gasteiger partial charge in [0.25, 0.3) is 10.6 Å². The molecule has 6 rings (SSSR count). The number of nitrogens with two attached hydrogens (primary N) is 1. The molecule has 2 N–H and O–H groups in total. The van der Waals surface area contributed by atoms with Crippen molar-refractivity contribution in [3.05, 3.63) is 50.4 Å². The van der Waals surface area contributed by atoms with Crippen molar-refractivity contribution in [2.45, 2.75) is 56.7 Å². The average Bonchev–Trinajstić information content (AvgIpc) is 3.29. The largest absolute Gasteiger partial charge is 0.443 e. The Bertz CT molecular complexity index is 1450. The number of esters is 1. The zero-order valence-electron chi connectivity index (χ0n) is 21.7. The summed E-state index contributed by atoms with van der Waals surface area (Å²) in [7, 11) is -3.83. The number of benzene rings is 1. The third kappa shape index (κ3) is 5.01. The average molecular weight is 565 g/mol. The van der Waals surface area contributed by atoms with Crippen molar-refractivity contribution in [2.24, 2.45) is 16.6 Å². The molecule has 0 unspecified atom stereocenters. The summed E-state index contributed by atoms with van der Waals surface area (Å²) in [5.41, 5.74) is 5.42. The van der Waals surface area contributed by atoms with E-state index in [0.717, 1.165) is 0 Å². The lowest BCUT2D eigenvalue weighted by Gasteiger charge is -2.68. The molecule has 13 nitrogen and oxygen atoms in total. The third-order valence-electron chi connectivity index (χ3n) is 8.01. The van der Waals surface area contributed by atoms with Crippen LogP contribution in [0.4, 0.5) is 0 Å². The van der Waals surface area contributed by atoms with Gasteiger partial charge in [0.15, 0.2) is 6.73 Å². The molecule has 0 radical (unpaired) electrons. The summed E-state index contributed by atoms with van der Waals surface area (Å²) in [4.78, 5) is 40.6. The van der Waals surface area contributed by atoms with E-state index in [-0.39, 0.29) is 47.6 Å². The van der Waals surface area contributed by atoms with Crippen molar-refractivity contribution in [2.75, 3.05) is 32.9 Å². The maximum absolute atomic E-state index is 13.3. The minimum absolute atomic E-state index is 0.0197. The topological polar surface area (TPSA) is 173 Å². The Labute approximate surface area is 224 Å². The fourth-order valence-electron chi connectivity index (χ4n) is 6.29. The zero-order valence-corrected chi connectivity index (χ0v) is 22.5. The lowest BCUT2D eigenvalue weighted by atomic mass is 9.35. The van der Waals surface area contributed by atoms with Crippen LogP contribution in [0.3, 0.4) is 0 Å². The molecule has 3 aliphatic carbocycles. The Balaban J connectivity index is 1.20. The Hall–Kier alpha value is -3.07. The van der Waals surface area contributed by atoms with Crippen molar-refractivity contribution < 1.29 is 32.6 Å². The summed E-state index contributed by atoms with van der Waals surface area (Å²) in [5, 5.41) is 9.91. The number of rotatable bonds is 12. The van der Waals surface area contributed by atoms with E-state index in [1.807, 2.05) is 0 Å². The fraction of sp³-hybridized carbons (Fsp3) is 0.600. The molecule has 1 aromatic carbocycles. The van der Waals surface area contributed by atoms with E-state index in [4.69, 9.17) is 15.2 Å². The van der Waals surface area contributed by atoms with Gasteiger partial charge in [-0.15, -0.1) is 10.1 Å². The molecular formula is C25H32N4O9S. The van der Waals surface area contributed by atoms with Gasteiger partial charge in [-0.1, -0.05) is 6.07 Å². The van der Waals surface area contributed by atoms with Crippen molar-refractivity contribution in [1.82, 2.24) is 8.87 Å². The zero-order chi connectivity index (χ0) is 28.0. The van der Waals surface area contributed by atoms with Gasteiger partial charge in [-0.2, -0.15) is 4.31 Å². The first kappa shape index (κ1) is 27.5. The molecular weight excluding hydrogens is 532 g/mol. The maximum atomic E-state index is 13.3. The van der Waals surface area contributed by atoms with Gasteiger partial charge in [0, 0.05) is 42.7 Å². The molecule has 39 heavy (non-hydrogen) atoms. The maximum Gasteiger partial charge on any atom is 0.313 e. The molecule has 4 fully saturated rings. The molecule has 1 aliphatic heterocycles. The van der Waals surface area contributed by atoms with Crippen LogP contribution in [-0.2, 0) is 35.9 Å². The van der Waals surface area contributed by atoms with Gasteiger partial charge < -0.3 is 20.0 Å². The van der Waals surface area contributed by atoms with Gasteiger partial charge in [-0.3, -0.25) is 14.2 Å². The van der Waals surface area contributed by atoms with Crippen LogP contribution in [0.15, 0.2) is 34.1 Å². The fourth-order valence-corrected chi connectivity index (χ4v) is 8.08. The van der Waals surface area contributed by atoms with Crippen LogP contribution >= 0.6 is 0 Å². The number of ether oxygens (including phenoxy) is 2. The predicted octanol–water partition coefficient (Wildman–Crippen LogP) is 1.32. The molecule has 2 bridgehead atoms. The van der Waals surface area contributed by atoms with Crippen molar-refractivity contribution in [3.63, 3.8) is 0 Å². The minimum atomic E-state index is -3.83. The molecule has 212 valence electrons. The van der Waals surface area contributed by atoms with Gasteiger partial charge in [0.1, 0.15) is 0 Å². The van der Waals surface area contributed by atoms with Crippen LogP contribution in [0.25, 0.3) is 10.8 Å². The van der Waals surface area contributed by atoms with Crippen LogP contribution in [0.1, 0.15) is 37.7 Å². The van der Waals surface area contributed by atoms with Gasteiger partial charge in [0.2, 0.25) is 10.0 Å². The van der Waals surface area contributed by atoms with E-state index in [1.165, 1.54) is 21.1 Å². The normalized spacial score (nSPS) is 26.2. The van der Waals surface area contributed by atoms with Crippen LogP contribution in [0.5, 0.6) is 0 Å². The standard InChI is InChI=1S/C25H32N4O9S/c1-17-10-27(16-37-23(31)25-12-24(13-25,14-25)15-36-8-3-9-38-29(32)33)22(30)19-4-2-5-20(21(17)19)39(34,35)28-7-6-18(26)11-28/h2,4-5,10,18H,3,6-9,11-16,26H2,1H3/t18-,24?,25?/m0/s1. The molecule has 3 saturated carbocycles. The monoisotopic (exact) mass is 564 g/mol. The van der Waals surface area contributed by atoms with Gasteiger partial charge >= 0.3 is 5.97 Å². The summed E-state index contributed by atoms with van der Waals surface area (Å²) >= 11 is 0. The van der Waals surface area contributed by atoms with E-state index < -0.39 is 26.1 Å². The quantitative estimate of drug-likeness (QED) is 0.171. The number of pyridine rings is 1. The molecule has 1 aromatic heterocycles. The molecule has 1 saturated heterocycles. The summed E-state index contributed by atoms with van der Waals surface area (Å²) in [6, 6.07) is 4.41. The second-order valence-corrected chi connectivity index (χ2v) is 12.9. The summed E-state index contributed by atoms with van der Waals surface area (Å²) in [6.07, 6.45) is 4.42. The number of aryl methyl sites for hydroxylation is 1. The second kappa shape index (κ2) is 10.2. The van der Waals surface area contributed by atoms with E-state index in [0.29, 0.717) is 62.8 Å². The summed E-state index contributed by atoms with van der Waals surface area (Å²) in [6.45, 7) is 2.81. The number of sulfonamides is 1. The molecule has 1 atom stereocenters. The van der Waals surface area contributed by atoms with Crippen LogP contribution in [0, 0.1) is 27.9 Å². The highest BCUT2D eigenvalue weighted by atomic mass is 32.2. The number of fused-ring (bicyclic) bond motifs is 1. The summed E-state index contributed by atoms with van der Waals surface area (Å²) < 4.78 is 40.4. The molecule has 4 aliphatic rings. The minimum Gasteiger partial charge on any atom is -0.443 e. The lowest BCUT2D eigenvalue weighted by Crippen LogP contribution is -2.67. The molecule has 14 heteroatoms. The van der Waals surface area contributed by atoms with Crippen molar-refractivity contribution >= 4 is 26.8 Å².